The first-order valence-electron chi connectivity index (χ1n) is 11.9. The molecule has 0 aliphatic carbocycles. The van der Waals surface area contributed by atoms with Gasteiger partial charge in [-0.2, -0.15) is 4.98 Å². The van der Waals surface area contributed by atoms with Crippen LogP contribution in [0.15, 0.2) is 71.5 Å². The van der Waals surface area contributed by atoms with Crippen LogP contribution in [0.5, 0.6) is 11.5 Å². The third-order valence-electron chi connectivity index (χ3n) is 5.58. The number of nitrogens with zero attached hydrogens (tertiary/aromatic N) is 3. The van der Waals surface area contributed by atoms with Gasteiger partial charge in [-0.3, -0.25) is 0 Å². The second kappa shape index (κ2) is 12.0. The third-order valence-corrected chi connectivity index (χ3v) is 6.30. The molecule has 3 aromatic rings. The second-order valence-corrected chi connectivity index (χ2v) is 9.30. The number of carbonyl (C=O) groups is 1. The van der Waals surface area contributed by atoms with E-state index in [-0.39, 0.29) is 19.0 Å². The lowest BCUT2D eigenvalue weighted by molar-refractivity contribution is -0.138. The summed E-state index contributed by atoms with van der Waals surface area (Å²) in [5, 5.41) is 8.43. The van der Waals surface area contributed by atoms with Crippen LogP contribution in [0.2, 0.25) is 0 Å². The standard InChI is InChI=1S/C27H29FN4O4S/c1-5-14-35-25(33)23-17(4)29-26-30-27(37-7-3)31-32(26)24(23)18-12-13-21(22(15-18)34-6-2)36-16-19-10-8-9-11-20(19)28/h5,8-13,15,24H,1,6-7,14,16H2,2-4H3,(H,29,30,31). The Morgan fingerprint density at radius 1 is 1.22 bits per heavy atom. The molecule has 1 aliphatic rings. The average molecular weight is 525 g/mol. The molecule has 2 heterocycles. The van der Waals surface area contributed by atoms with Crippen LogP contribution in [0.25, 0.3) is 0 Å². The monoisotopic (exact) mass is 524 g/mol. The van der Waals surface area contributed by atoms with E-state index in [1.807, 2.05) is 26.0 Å². The summed E-state index contributed by atoms with van der Waals surface area (Å²) < 4.78 is 33.0. The van der Waals surface area contributed by atoms with Gasteiger partial charge >= 0.3 is 5.97 Å². The first-order valence-corrected chi connectivity index (χ1v) is 12.9. The van der Waals surface area contributed by atoms with Crippen molar-refractivity contribution in [1.82, 2.24) is 14.8 Å². The summed E-state index contributed by atoms with van der Waals surface area (Å²) >= 11 is 1.50. The van der Waals surface area contributed by atoms with Gasteiger partial charge in [0.25, 0.3) is 0 Å². The van der Waals surface area contributed by atoms with E-state index in [1.54, 1.807) is 35.9 Å². The highest BCUT2D eigenvalue weighted by molar-refractivity contribution is 7.99. The predicted octanol–water partition coefficient (Wildman–Crippen LogP) is 5.53. The zero-order valence-electron chi connectivity index (χ0n) is 21.0. The van der Waals surface area contributed by atoms with Crippen molar-refractivity contribution in [2.24, 2.45) is 0 Å². The summed E-state index contributed by atoms with van der Waals surface area (Å²) in [6, 6.07) is 11.2. The number of halogens is 1. The Morgan fingerprint density at radius 2 is 2.03 bits per heavy atom. The summed E-state index contributed by atoms with van der Waals surface area (Å²) in [6.07, 6.45) is 1.52. The van der Waals surface area contributed by atoms with E-state index in [2.05, 4.69) is 22.0 Å². The number of hydrogen-bond acceptors (Lipinski definition) is 8. The van der Waals surface area contributed by atoms with Crippen LogP contribution < -0.4 is 14.8 Å². The number of anilines is 1. The summed E-state index contributed by atoms with van der Waals surface area (Å²) in [5.41, 5.74) is 2.18. The van der Waals surface area contributed by atoms with Gasteiger partial charge in [0.2, 0.25) is 11.1 Å². The highest BCUT2D eigenvalue weighted by Gasteiger charge is 2.35. The molecule has 1 unspecified atom stereocenters. The van der Waals surface area contributed by atoms with Crippen LogP contribution in [0.4, 0.5) is 10.3 Å². The van der Waals surface area contributed by atoms with Gasteiger partial charge in [-0.25, -0.2) is 13.9 Å². The molecular weight excluding hydrogens is 495 g/mol. The number of thioether (sulfide) groups is 1. The molecule has 0 fully saturated rings. The quantitative estimate of drug-likeness (QED) is 0.199. The van der Waals surface area contributed by atoms with Crippen molar-refractivity contribution in [2.45, 2.75) is 38.6 Å². The molecule has 0 radical (unpaired) electrons. The van der Waals surface area contributed by atoms with Crippen molar-refractivity contribution in [1.29, 1.82) is 0 Å². The van der Waals surface area contributed by atoms with Gasteiger partial charge in [-0.15, -0.1) is 5.10 Å². The van der Waals surface area contributed by atoms with Crippen LogP contribution in [0.3, 0.4) is 0 Å². The van der Waals surface area contributed by atoms with Gasteiger partial charge < -0.3 is 19.5 Å². The molecule has 0 saturated carbocycles. The van der Waals surface area contributed by atoms with E-state index in [0.717, 1.165) is 11.3 Å². The Hall–Kier alpha value is -3.79. The van der Waals surface area contributed by atoms with Gasteiger partial charge in [0.15, 0.2) is 11.5 Å². The van der Waals surface area contributed by atoms with Crippen LogP contribution in [0.1, 0.15) is 37.9 Å². The van der Waals surface area contributed by atoms with Gasteiger partial charge in [0, 0.05) is 11.3 Å². The average Bonchev–Trinajstić information content (AvgIpc) is 3.28. The minimum atomic E-state index is -0.618. The van der Waals surface area contributed by atoms with Crippen LogP contribution in [-0.2, 0) is 16.1 Å². The predicted molar refractivity (Wildman–Crippen MR) is 140 cm³/mol. The summed E-state index contributed by atoms with van der Waals surface area (Å²) in [5.74, 6) is 1.43. The maximum atomic E-state index is 14.1. The highest BCUT2D eigenvalue weighted by atomic mass is 32.2. The lowest BCUT2D eigenvalue weighted by Crippen LogP contribution is -2.29. The third kappa shape index (κ3) is 5.80. The molecular formula is C27H29FN4O4S. The summed E-state index contributed by atoms with van der Waals surface area (Å²) in [6.45, 7) is 9.83. The molecule has 1 N–H and O–H groups in total. The number of benzene rings is 2. The van der Waals surface area contributed by atoms with E-state index < -0.39 is 12.0 Å². The van der Waals surface area contributed by atoms with E-state index in [1.165, 1.54) is 23.9 Å². The molecule has 0 bridgehead atoms. The molecule has 10 heteroatoms. The topological polar surface area (TPSA) is 87.5 Å². The smallest absolute Gasteiger partial charge is 0.338 e. The molecule has 1 aliphatic heterocycles. The molecule has 0 saturated heterocycles. The molecule has 8 nitrogen and oxygen atoms in total. The zero-order chi connectivity index (χ0) is 26.4. The Morgan fingerprint density at radius 3 is 2.76 bits per heavy atom. The molecule has 2 aromatic carbocycles. The number of rotatable bonds is 11. The molecule has 1 aromatic heterocycles. The normalized spacial score (nSPS) is 14.5. The van der Waals surface area contributed by atoms with Crippen molar-refractivity contribution in [3.8, 4) is 11.5 Å². The first kappa shape index (κ1) is 26.3. The van der Waals surface area contributed by atoms with Gasteiger partial charge in [0.1, 0.15) is 25.1 Å². The van der Waals surface area contributed by atoms with Crippen LogP contribution >= 0.6 is 11.8 Å². The SMILES string of the molecule is C=CCOC(=O)C1=C(C)Nc2nc(SCC)nn2C1c1ccc(OCc2ccccc2F)c(OCC)c1. The lowest BCUT2D eigenvalue weighted by atomic mass is 9.95. The Balaban J connectivity index is 1.74. The minimum Gasteiger partial charge on any atom is -0.490 e. The summed E-state index contributed by atoms with van der Waals surface area (Å²) in [7, 11) is 0. The number of esters is 1. The first-order chi connectivity index (χ1) is 18.0. The van der Waals surface area contributed by atoms with Gasteiger partial charge in [0.05, 0.1) is 12.2 Å². The number of aromatic nitrogens is 3. The van der Waals surface area contributed by atoms with E-state index in [4.69, 9.17) is 14.2 Å². The lowest BCUT2D eigenvalue weighted by Gasteiger charge is -2.28. The Labute approximate surface area is 219 Å². The van der Waals surface area contributed by atoms with E-state index >= 15 is 0 Å². The zero-order valence-corrected chi connectivity index (χ0v) is 21.8. The Bertz CT molecular complexity index is 1320. The number of hydrogen-bond donors (Lipinski definition) is 1. The molecule has 4 rings (SSSR count). The van der Waals surface area contributed by atoms with Crippen molar-refractivity contribution in [2.75, 3.05) is 24.3 Å². The molecule has 0 amide bonds. The molecule has 0 spiro atoms. The van der Waals surface area contributed by atoms with Gasteiger partial charge in [-0.1, -0.05) is 55.6 Å². The van der Waals surface area contributed by atoms with Crippen LogP contribution in [-0.4, -0.2) is 39.7 Å². The summed E-state index contributed by atoms with van der Waals surface area (Å²) in [4.78, 5) is 17.7. The molecule has 37 heavy (non-hydrogen) atoms. The second-order valence-electron chi connectivity index (χ2n) is 8.07. The van der Waals surface area contributed by atoms with E-state index in [9.17, 15) is 9.18 Å². The number of allylic oxidation sites excluding steroid dienone is 1. The number of ether oxygens (including phenoxy) is 3. The van der Waals surface area contributed by atoms with Crippen molar-refractivity contribution in [3.05, 3.63) is 83.3 Å². The fraction of sp³-hybridized carbons (Fsp3) is 0.296. The maximum Gasteiger partial charge on any atom is 0.338 e. The fourth-order valence-corrected chi connectivity index (χ4v) is 4.51. The maximum absolute atomic E-state index is 14.1. The van der Waals surface area contributed by atoms with Crippen molar-refractivity contribution < 1.29 is 23.4 Å². The van der Waals surface area contributed by atoms with Crippen LogP contribution in [0, 0.1) is 5.82 Å². The Kier molecular flexibility index (Phi) is 8.50. The highest BCUT2D eigenvalue weighted by Crippen LogP contribution is 2.40. The molecule has 1 atom stereocenters. The largest absolute Gasteiger partial charge is 0.490 e. The van der Waals surface area contributed by atoms with Crippen molar-refractivity contribution in [3.63, 3.8) is 0 Å². The minimum absolute atomic E-state index is 0.0441. The number of carbonyl (C=O) groups excluding carboxylic acids is 1. The van der Waals surface area contributed by atoms with Gasteiger partial charge in [-0.05, 0) is 43.4 Å². The molecule has 194 valence electrons. The number of fused-ring (bicyclic) bond motifs is 1. The number of nitrogens with one attached hydrogen (secondary N) is 1. The van der Waals surface area contributed by atoms with Crippen molar-refractivity contribution >= 4 is 23.7 Å². The fourth-order valence-electron chi connectivity index (χ4n) is 3.96. The van der Waals surface area contributed by atoms with E-state index in [0.29, 0.717) is 46.0 Å².